The molecule has 196 valence electrons. The lowest BCUT2D eigenvalue weighted by molar-refractivity contribution is -0.150. The quantitative estimate of drug-likeness (QED) is 0.280. The van der Waals surface area contributed by atoms with E-state index in [1.54, 1.807) is 24.3 Å². The molecule has 2 aliphatic rings. The van der Waals surface area contributed by atoms with Crippen molar-refractivity contribution in [1.29, 1.82) is 0 Å². The van der Waals surface area contributed by atoms with E-state index in [1.807, 2.05) is 6.92 Å². The molecule has 1 saturated heterocycles. The van der Waals surface area contributed by atoms with Gasteiger partial charge in [-0.1, -0.05) is 30.3 Å². The number of amides is 2. The van der Waals surface area contributed by atoms with E-state index in [0.29, 0.717) is 35.1 Å². The molecule has 37 heavy (non-hydrogen) atoms. The van der Waals surface area contributed by atoms with Crippen LogP contribution in [0.1, 0.15) is 13.3 Å². The molecular weight excluding hydrogens is 546 g/mol. The Morgan fingerprint density at radius 1 is 1.27 bits per heavy atom. The Morgan fingerprint density at radius 2 is 2.00 bits per heavy atom. The monoisotopic (exact) mass is 567 g/mol. The highest BCUT2D eigenvalue weighted by atomic mass is 35.5. The van der Waals surface area contributed by atoms with Crippen LogP contribution >= 0.6 is 35.1 Å². The number of benzene rings is 1. The van der Waals surface area contributed by atoms with Crippen molar-refractivity contribution < 1.29 is 29.3 Å². The van der Waals surface area contributed by atoms with Gasteiger partial charge in [-0.25, -0.2) is 4.79 Å². The lowest BCUT2D eigenvalue weighted by atomic mass is 10.0. The molecule has 1 unspecified atom stereocenters. The first-order valence-electron chi connectivity index (χ1n) is 11.1. The summed E-state index contributed by atoms with van der Waals surface area (Å²) in [6.07, 6.45) is 0.610. The number of aliphatic carboxylic acids is 1. The van der Waals surface area contributed by atoms with Gasteiger partial charge in [-0.05, 0) is 36.3 Å². The summed E-state index contributed by atoms with van der Waals surface area (Å²) in [6.45, 7) is 1.84. The normalized spacial score (nSPS) is 18.8. The number of carbonyl (C=O) groups is 3. The molecule has 0 spiro atoms. The number of ether oxygens (including phenoxy) is 1. The number of aromatic nitrogens is 3. The number of carbonyl (C=O) groups excluding carboxylic acids is 2. The fourth-order valence-corrected chi connectivity index (χ4v) is 6.33. The SMILES string of the molecule is CCCn1c(SCC2=C(C(=O)O)N3C(=O)C(NC(=O)COc4ccc(Cl)cc4)[C@@H]3SC2)nnc(O)c1=O. The predicted molar refractivity (Wildman–Crippen MR) is 136 cm³/mol. The van der Waals surface area contributed by atoms with Gasteiger partial charge in [-0.3, -0.25) is 23.9 Å². The second-order valence-electron chi connectivity index (χ2n) is 8.01. The van der Waals surface area contributed by atoms with Crippen LogP contribution in [-0.2, 0) is 20.9 Å². The van der Waals surface area contributed by atoms with Crippen molar-refractivity contribution in [2.45, 2.75) is 36.5 Å². The first-order chi connectivity index (χ1) is 17.7. The van der Waals surface area contributed by atoms with Crippen molar-refractivity contribution in [3.05, 3.63) is 50.9 Å². The summed E-state index contributed by atoms with van der Waals surface area (Å²) in [6, 6.07) is 5.57. The van der Waals surface area contributed by atoms with Crippen molar-refractivity contribution in [2.24, 2.45) is 0 Å². The van der Waals surface area contributed by atoms with E-state index in [1.165, 1.54) is 21.2 Å². The van der Waals surface area contributed by atoms with Crippen molar-refractivity contribution >= 4 is 52.9 Å². The lowest BCUT2D eigenvalue weighted by Gasteiger charge is -2.49. The first kappa shape index (κ1) is 26.8. The number of hydrogen-bond donors (Lipinski definition) is 3. The minimum Gasteiger partial charge on any atom is -0.488 e. The molecule has 2 aliphatic heterocycles. The molecule has 1 aromatic heterocycles. The van der Waals surface area contributed by atoms with Gasteiger partial charge in [0, 0.05) is 23.1 Å². The molecule has 4 rings (SSSR count). The number of rotatable bonds is 10. The average Bonchev–Trinajstić information content (AvgIpc) is 2.88. The molecule has 2 amide bonds. The Hall–Kier alpha value is -3.23. The standard InChI is InChI=1S/C22H22ClN5O7S2/c1-2-7-27-19(32)17(30)25-26-22(27)37-10-11-9-36-20-15(18(31)28(20)16(11)21(33)34)24-14(29)8-35-13-5-3-12(23)4-6-13/h3-6,15,20H,2,7-10H2,1H3,(H,24,29)(H,25,30)(H,33,34)/t15?,20-/m0/s1. The number of hydrogen-bond acceptors (Lipinski definition) is 10. The van der Waals surface area contributed by atoms with Gasteiger partial charge in [0.25, 0.3) is 17.7 Å². The topological polar surface area (TPSA) is 164 Å². The minimum absolute atomic E-state index is 0.139. The minimum atomic E-state index is -1.27. The Kier molecular flexibility index (Phi) is 8.29. The molecule has 3 heterocycles. The van der Waals surface area contributed by atoms with Gasteiger partial charge in [-0.15, -0.1) is 22.0 Å². The Bertz CT molecular complexity index is 1320. The predicted octanol–water partition coefficient (Wildman–Crippen LogP) is 1.32. The van der Waals surface area contributed by atoms with Crippen molar-refractivity contribution in [1.82, 2.24) is 25.0 Å². The molecule has 15 heteroatoms. The number of β-lactam (4-membered cyclic amide) rings is 1. The highest BCUT2D eigenvalue weighted by Crippen LogP contribution is 2.41. The molecule has 0 bridgehead atoms. The smallest absolute Gasteiger partial charge is 0.352 e. The Balaban J connectivity index is 1.42. The van der Waals surface area contributed by atoms with Crippen LogP contribution in [-0.4, -0.2) is 77.2 Å². The molecule has 1 fully saturated rings. The zero-order valence-corrected chi connectivity index (χ0v) is 21.8. The van der Waals surface area contributed by atoms with Crippen LogP contribution in [0.2, 0.25) is 5.02 Å². The maximum atomic E-state index is 12.8. The summed E-state index contributed by atoms with van der Waals surface area (Å²) in [4.78, 5) is 50.6. The third-order valence-corrected chi connectivity index (χ3v) is 8.11. The van der Waals surface area contributed by atoms with E-state index >= 15 is 0 Å². The van der Waals surface area contributed by atoms with E-state index in [4.69, 9.17) is 16.3 Å². The fourth-order valence-electron chi connectivity index (χ4n) is 3.76. The number of aromatic hydroxyl groups is 1. The summed E-state index contributed by atoms with van der Waals surface area (Å²) in [5.41, 5.74) is -0.366. The maximum Gasteiger partial charge on any atom is 0.352 e. The molecule has 3 N–H and O–H groups in total. The number of thioether (sulfide) groups is 2. The molecule has 2 aromatic rings. The third-order valence-electron chi connectivity index (χ3n) is 5.47. The zero-order valence-electron chi connectivity index (χ0n) is 19.4. The van der Waals surface area contributed by atoms with Gasteiger partial charge >= 0.3 is 11.5 Å². The van der Waals surface area contributed by atoms with E-state index in [2.05, 4.69) is 15.5 Å². The van der Waals surface area contributed by atoms with Gasteiger partial charge in [0.1, 0.15) is 22.9 Å². The van der Waals surface area contributed by atoms with Gasteiger partial charge in [0.15, 0.2) is 11.8 Å². The number of nitrogens with one attached hydrogen (secondary N) is 1. The van der Waals surface area contributed by atoms with Crippen LogP contribution in [0, 0.1) is 0 Å². The first-order valence-corrected chi connectivity index (χ1v) is 13.5. The average molecular weight is 568 g/mol. The molecule has 1 aromatic carbocycles. The van der Waals surface area contributed by atoms with Crippen molar-refractivity contribution in [2.75, 3.05) is 18.1 Å². The van der Waals surface area contributed by atoms with Gasteiger partial charge < -0.3 is 20.3 Å². The van der Waals surface area contributed by atoms with Gasteiger partial charge in [-0.2, -0.15) is 0 Å². The highest BCUT2D eigenvalue weighted by Gasteiger charge is 2.54. The number of nitrogens with zero attached hydrogens (tertiary/aromatic N) is 4. The molecule has 0 saturated carbocycles. The van der Waals surface area contributed by atoms with Crippen LogP contribution in [0.5, 0.6) is 11.6 Å². The van der Waals surface area contributed by atoms with E-state index in [-0.39, 0.29) is 23.2 Å². The largest absolute Gasteiger partial charge is 0.488 e. The molecular formula is C22H22ClN5O7S2. The number of halogens is 1. The Morgan fingerprint density at radius 3 is 2.68 bits per heavy atom. The lowest BCUT2D eigenvalue weighted by Crippen LogP contribution is -2.70. The summed E-state index contributed by atoms with van der Waals surface area (Å²) >= 11 is 8.24. The fraction of sp³-hybridized carbons (Fsp3) is 0.364. The van der Waals surface area contributed by atoms with Crippen molar-refractivity contribution in [3.63, 3.8) is 0 Å². The Labute approximate surface area is 224 Å². The molecule has 2 atom stereocenters. The molecule has 12 nitrogen and oxygen atoms in total. The second kappa shape index (κ2) is 11.4. The number of carboxylic acid groups (broad SMARTS) is 1. The summed E-state index contributed by atoms with van der Waals surface area (Å²) < 4.78 is 6.67. The molecule has 0 radical (unpaired) electrons. The summed E-state index contributed by atoms with van der Waals surface area (Å²) in [5, 5.41) is 29.6. The van der Waals surface area contributed by atoms with Crippen LogP contribution < -0.4 is 15.6 Å². The highest BCUT2D eigenvalue weighted by molar-refractivity contribution is 8.01. The van der Waals surface area contributed by atoms with Gasteiger partial charge in [0.2, 0.25) is 0 Å². The summed E-state index contributed by atoms with van der Waals surface area (Å²) in [7, 11) is 0. The molecule has 0 aliphatic carbocycles. The zero-order chi connectivity index (χ0) is 26.7. The third kappa shape index (κ3) is 5.70. The van der Waals surface area contributed by atoms with Crippen LogP contribution in [0.4, 0.5) is 0 Å². The van der Waals surface area contributed by atoms with E-state index in [0.717, 1.165) is 11.8 Å². The second-order valence-corrected chi connectivity index (χ2v) is 10.5. The van der Waals surface area contributed by atoms with E-state index < -0.39 is 40.6 Å². The summed E-state index contributed by atoms with van der Waals surface area (Å²) in [5.74, 6) is -2.17. The van der Waals surface area contributed by atoms with Crippen LogP contribution in [0.25, 0.3) is 0 Å². The van der Waals surface area contributed by atoms with E-state index in [9.17, 15) is 29.4 Å². The van der Waals surface area contributed by atoms with Crippen LogP contribution in [0.3, 0.4) is 0 Å². The van der Waals surface area contributed by atoms with Crippen molar-refractivity contribution in [3.8, 4) is 11.6 Å². The maximum absolute atomic E-state index is 12.8. The number of fused-ring (bicyclic) bond motifs is 1. The number of carboxylic acids is 1. The van der Waals surface area contributed by atoms with Crippen LogP contribution in [0.15, 0.2) is 45.5 Å². The van der Waals surface area contributed by atoms with Gasteiger partial charge in [0.05, 0.1) is 0 Å².